The van der Waals surface area contributed by atoms with E-state index in [0.29, 0.717) is 24.1 Å². The fourth-order valence-electron chi connectivity index (χ4n) is 4.02. The second-order valence-corrected chi connectivity index (χ2v) is 7.83. The summed E-state index contributed by atoms with van der Waals surface area (Å²) >= 11 is 6.26. The number of halogens is 1. The Morgan fingerprint density at radius 2 is 1.87 bits per heavy atom. The molecule has 1 saturated heterocycles. The van der Waals surface area contributed by atoms with Crippen LogP contribution in [0.2, 0.25) is 5.02 Å². The van der Waals surface area contributed by atoms with Gasteiger partial charge in [-0.25, -0.2) is 9.97 Å². The number of anilines is 2. The van der Waals surface area contributed by atoms with Crippen LogP contribution >= 0.6 is 11.6 Å². The van der Waals surface area contributed by atoms with Gasteiger partial charge >= 0.3 is 0 Å². The number of nitrogens with one attached hydrogen (secondary N) is 1. The predicted molar refractivity (Wildman–Crippen MR) is 120 cm³/mol. The highest BCUT2D eigenvalue weighted by Gasteiger charge is 2.25. The number of methoxy groups -OCH3 is 1. The predicted octanol–water partition coefficient (Wildman–Crippen LogP) is 4.28. The second kappa shape index (κ2) is 8.13. The normalized spacial score (nSPS) is 15.6. The van der Waals surface area contributed by atoms with Crippen molar-refractivity contribution in [2.24, 2.45) is 0 Å². The summed E-state index contributed by atoms with van der Waals surface area (Å²) in [7, 11) is 1.67. The van der Waals surface area contributed by atoms with Crippen molar-refractivity contribution in [2.75, 3.05) is 50.2 Å². The zero-order valence-electron chi connectivity index (χ0n) is 16.8. The van der Waals surface area contributed by atoms with Gasteiger partial charge in [0, 0.05) is 47.0 Å². The minimum absolute atomic E-state index is 0.709. The van der Waals surface area contributed by atoms with Gasteiger partial charge in [0.25, 0.3) is 0 Å². The van der Waals surface area contributed by atoms with Crippen LogP contribution in [0, 0.1) is 0 Å². The van der Waals surface area contributed by atoms with Crippen molar-refractivity contribution in [3.63, 3.8) is 0 Å². The zero-order valence-corrected chi connectivity index (χ0v) is 17.6. The average Bonchev–Trinajstić information content (AvgIpc) is 2.98. The summed E-state index contributed by atoms with van der Waals surface area (Å²) in [5, 5.41) is 4.22. The number of ether oxygens (including phenoxy) is 2. The first kappa shape index (κ1) is 19.2. The number of hydrogen-bond acceptors (Lipinski definition) is 6. The third-order valence-electron chi connectivity index (χ3n) is 5.57. The molecule has 1 aromatic heterocycles. The first-order valence-electron chi connectivity index (χ1n) is 10.1. The molecule has 0 atom stereocenters. The van der Waals surface area contributed by atoms with Gasteiger partial charge in [-0.1, -0.05) is 11.6 Å². The molecule has 154 valence electrons. The molecule has 1 N–H and O–H groups in total. The van der Waals surface area contributed by atoms with Gasteiger partial charge in [-0.3, -0.25) is 0 Å². The SMILES string of the molecule is COc1ccc(-c2nc3c(c(N4CCOCC4)n2)CCNc2cc(Cl)ccc2-3)cc1. The summed E-state index contributed by atoms with van der Waals surface area (Å²) in [6.07, 6.45) is 0.844. The molecule has 3 heterocycles. The van der Waals surface area contributed by atoms with Gasteiger partial charge < -0.3 is 19.7 Å². The average molecular weight is 423 g/mol. The molecule has 5 rings (SSSR count). The van der Waals surface area contributed by atoms with E-state index in [1.807, 2.05) is 42.5 Å². The van der Waals surface area contributed by atoms with E-state index in [2.05, 4.69) is 10.2 Å². The molecule has 0 unspecified atom stereocenters. The summed E-state index contributed by atoms with van der Waals surface area (Å²) in [6.45, 7) is 3.88. The Balaban J connectivity index is 1.70. The Morgan fingerprint density at radius 1 is 1.07 bits per heavy atom. The van der Waals surface area contributed by atoms with Gasteiger partial charge in [-0.15, -0.1) is 0 Å². The molecule has 30 heavy (non-hydrogen) atoms. The van der Waals surface area contributed by atoms with E-state index in [1.165, 1.54) is 5.56 Å². The van der Waals surface area contributed by atoms with E-state index < -0.39 is 0 Å². The van der Waals surface area contributed by atoms with Crippen molar-refractivity contribution in [1.82, 2.24) is 9.97 Å². The summed E-state index contributed by atoms with van der Waals surface area (Å²) in [6, 6.07) is 13.8. The van der Waals surface area contributed by atoms with Crippen LogP contribution in [0.25, 0.3) is 22.6 Å². The molecular weight excluding hydrogens is 400 g/mol. The van der Waals surface area contributed by atoms with E-state index in [0.717, 1.165) is 60.1 Å². The monoisotopic (exact) mass is 422 g/mol. The van der Waals surface area contributed by atoms with Crippen LogP contribution in [-0.2, 0) is 11.2 Å². The summed E-state index contributed by atoms with van der Waals surface area (Å²) in [5.74, 6) is 2.52. The Kier molecular flexibility index (Phi) is 5.19. The maximum absolute atomic E-state index is 6.26. The van der Waals surface area contributed by atoms with Crippen molar-refractivity contribution in [3.05, 3.63) is 53.1 Å². The maximum atomic E-state index is 6.26. The van der Waals surface area contributed by atoms with Gasteiger partial charge in [0.15, 0.2) is 5.82 Å². The van der Waals surface area contributed by atoms with Crippen LogP contribution in [0.3, 0.4) is 0 Å². The Morgan fingerprint density at radius 3 is 2.63 bits per heavy atom. The number of benzene rings is 2. The summed E-state index contributed by atoms with van der Waals surface area (Å²) in [5.41, 5.74) is 5.16. The van der Waals surface area contributed by atoms with Crippen LogP contribution in [-0.4, -0.2) is 49.9 Å². The van der Waals surface area contributed by atoms with Crippen LogP contribution in [0.5, 0.6) is 5.75 Å². The van der Waals surface area contributed by atoms with Gasteiger partial charge in [-0.05, 0) is 48.9 Å². The lowest BCUT2D eigenvalue weighted by Crippen LogP contribution is -2.37. The second-order valence-electron chi connectivity index (χ2n) is 7.39. The topological polar surface area (TPSA) is 59.5 Å². The molecule has 1 fully saturated rings. The summed E-state index contributed by atoms with van der Waals surface area (Å²) < 4.78 is 10.9. The van der Waals surface area contributed by atoms with Gasteiger partial charge in [0.2, 0.25) is 0 Å². The molecule has 0 amide bonds. The van der Waals surface area contributed by atoms with Gasteiger partial charge in [-0.2, -0.15) is 0 Å². The molecule has 0 bridgehead atoms. The van der Waals surface area contributed by atoms with Crippen LogP contribution < -0.4 is 15.0 Å². The van der Waals surface area contributed by atoms with Crippen molar-refractivity contribution >= 4 is 23.1 Å². The molecule has 0 saturated carbocycles. The molecule has 2 aliphatic heterocycles. The van der Waals surface area contributed by atoms with Crippen molar-refractivity contribution in [1.29, 1.82) is 0 Å². The van der Waals surface area contributed by atoms with Crippen LogP contribution in [0.1, 0.15) is 5.56 Å². The number of hydrogen-bond donors (Lipinski definition) is 1. The largest absolute Gasteiger partial charge is 0.497 e. The quantitative estimate of drug-likeness (QED) is 0.680. The number of aromatic nitrogens is 2. The Bertz CT molecular complexity index is 1070. The number of nitrogens with zero attached hydrogens (tertiary/aromatic N) is 3. The first-order valence-corrected chi connectivity index (χ1v) is 10.5. The number of morpholine rings is 1. The van der Waals surface area contributed by atoms with E-state index in [9.17, 15) is 0 Å². The molecule has 7 heteroatoms. The van der Waals surface area contributed by atoms with E-state index in [4.69, 9.17) is 31.0 Å². The smallest absolute Gasteiger partial charge is 0.162 e. The Hall–Kier alpha value is -2.83. The van der Waals surface area contributed by atoms with Crippen molar-refractivity contribution in [2.45, 2.75) is 6.42 Å². The highest BCUT2D eigenvalue weighted by molar-refractivity contribution is 6.31. The number of fused-ring (bicyclic) bond motifs is 3. The third-order valence-corrected chi connectivity index (χ3v) is 5.81. The number of rotatable bonds is 3. The lowest BCUT2D eigenvalue weighted by Gasteiger charge is -2.30. The van der Waals surface area contributed by atoms with E-state index in [-0.39, 0.29) is 0 Å². The van der Waals surface area contributed by atoms with Gasteiger partial charge in [0.05, 0.1) is 26.0 Å². The highest BCUT2D eigenvalue weighted by Crippen LogP contribution is 2.39. The molecular formula is C23H23ClN4O2. The van der Waals surface area contributed by atoms with E-state index in [1.54, 1.807) is 7.11 Å². The van der Waals surface area contributed by atoms with Crippen molar-refractivity contribution in [3.8, 4) is 28.4 Å². The minimum Gasteiger partial charge on any atom is -0.497 e. The van der Waals surface area contributed by atoms with Gasteiger partial charge in [0.1, 0.15) is 11.6 Å². The summed E-state index contributed by atoms with van der Waals surface area (Å²) in [4.78, 5) is 12.4. The molecule has 6 nitrogen and oxygen atoms in total. The molecule has 2 aliphatic rings. The maximum Gasteiger partial charge on any atom is 0.162 e. The zero-order chi connectivity index (χ0) is 20.5. The standard InChI is InChI=1S/C23H23ClN4O2/c1-29-17-5-2-15(3-6-17)22-26-21-18-7-4-16(24)14-20(18)25-9-8-19(21)23(27-22)28-10-12-30-13-11-28/h2-7,14,25H,8-13H2,1H3. The third kappa shape index (κ3) is 3.57. The molecule has 2 aromatic carbocycles. The Labute approximate surface area is 180 Å². The highest BCUT2D eigenvalue weighted by atomic mass is 35.5. The minimum atomic E-state index is 0.709. The fraction of sp³-hybridized carbons (Fsp3) is 0.304. The van der Waals surface area contributed by atoms with Crippen LogP contribution in [0.15, 0.2) is 42.5 Å². The lowest BCUT2D eigenvalue weighted by atomic mass is 10.0. The molecule has 0 spiro atoms. The van der Waals surface area contributed by atoms with E-state index >= 15 is 0 Å². The van der Waals surface area contributed by atoms with Crippen molar-refractivity contribution < 1.29 is 9.47 Å². The van der Waals surface area contributed by atoms with Crippen LogP contribution in [0.4, 0.5) is 11.5 Å². The fourth-order valence-corrected chi connectivity index (χ4v) is 4.19. The lowest BCUT2D eigenvalue weighted by molar-refractivity contribution is 0.122. The molecule has 3 aromatic rings. The molecule has 0 aliphatic carbocycles. The molecule has 0 radical (unpaired) electrons. The first-order chi connectivity index (χ1) is 14.7.